The van der Waals surface area contributed by atoms with E-state index in [1.165, 1.54) is 12.1 Å². The lowest BCUT2D eigenvalue weighted by Crippen LogP contribution is -2.21. The number of hydrogen-bond donors (Lipinski definition) is 2. The number of H-pyrrole nitrogens is 1. The van der Waals surface area contributed by atoms with Crippen molar-refractivity contribution < 1.29 is 9.18 Å². The second-order valence-electron chi connectivity index (χ2n) is 5.06. The van der Waals surface area contributed by atoms with Crippen LogP contribution in [0, 0.1) is 5.82 Å². The van der Waals surface area contributed by atoms with Crippen molar-refractivity contribution in [2.24, 2.45) is 0 Å². The van der Waals surface area contributed by atoms with Gasteiger partial charge in [0.05, 0.1) is 11.7 Å². The molecule has 2 N–H and O–H groups in total. The normalized spacial score (nSPS) is 16.4. The number of hydrogen-bond acceptors (Lipinski definition) is 3. The first-order valence-corrected chi connectivity index (χ1v) is 6.79. The van der Waals surface area contributed by atoms with Crippen molar-refractivity contribution >= 4 is 5.91 Å². The predicted octanol–water partition coefficient (Wildman–Crippen LogP) is 2.44. The first-order valence-electron chi connectivity index (χ1n) is 6.79. The van der Waals surface area contributed by atoms with Crippen LogP contribution in [0.15, 0.2) is 48.8 Å². The van der Waals surface area contributed by atoms with E-state index in [1.54, 1.807) is 30.6 Å². The van der Waals surface area contributed by atoms with Gasteiger partial charge >= 0.3 is 0 Å². The maximum absolute atomic E-state index is 13.5. The molecule has 4 rings (SSSR count). The van der Waals surface area contributed by atoms with Crippen LogP contribution in [-0.2, 0) is 0 Å². The van der Waals surface area contributed by atoms with Crippen molar-refractivity contribution in [3.8, 4) is 11.3 Å². The van der Waals surface area contributed by atoms with E-state index in [0.717, 1.165) is 11.1 Å². The summed E-state index contributed by atoms with van der Waals surface area (Å²) < 4.78 is 13.5. The van der Waals surface area contributed by atoms with Crippen LogP contribution in [-0.4, -0.2) is 21.1 Å². The van der Waals surface area contributed by atoms with E-state index >= 15 is 0 Å². The molecule has 1 unspecified atom stereocenters. The van der Waals surface area contributed by atoms with Gasteiger partial charge in [0.15, 0.2) is 0 Å². The largest absolute Gasteiger partial charge is 0.340 e. The zero-order chi connectivity index (χ0) is 15.1. The summed E-state index contributed by atoms with van der Waals surface area (Å²) in [6, 6.07) is 9.51. The molecule has 5 nitrogen and oxygen atoms in total. The minimum absolute atomic E-state index is 0.223. The van der Waals surface area contributed by atoms with Crippen molar-refractivity contribution in [3.63, 3.8) is 0 Å². The summed E-state index contributed by atoms with van der Waals surface area (Å²) in [5.74, 6) is -0.566. The van der Waals surface area contributed by atoms with Gasteiger partial charge in [-0.25, -0.2) is 4.39 Å². The summed E-state index contributed by atoms with van der Waals surface area (Å²) in [7, 11) is 0. The van der Waals surface area contributed by atoms with Gasteiger partial charge in [-0.2, -0.15) is 5.10 Å². The Morgan fingerprint density at radius 2 is 2.09 bits per heavy atom. The Labute approximate surface area is 125 Å². The number of benzene rings is 1. The predicted molar refractivity (Wildman–Crippen MR) is 77.5 cm³/mol. The van der Waals surface area contributed by atoms with Crippen LogP contribution in [0.3, 0.4) is 0 Å². The summed E-state index contributed by atoms with van der Waals surface area (Å²) in [4.78, 5) is 16.2. The molecule has 0 fully saturated rings. The first-order chi connectivity index (χ1) is 10.7. The molecule has 0 aliphatic carbocycles. The monoisotopic (exact) mass is 294 g/mol. The van der Waals surface area contributed by atoms with Gasteiger partial charge < -0.3 is 5.32 Å². The van der Waals surface area contributed by atoms with Gasteiger partial charge in [-0.05, 0) is 23.8 Å². The number of nitrogens with one attached hydrogen (secondary N) is 2. The molecule has 22 heavy (non-hydrogen) atoms. The Morgan fingerprint density at radius 1 is 1.18 bits per heavy atom. The van der Waals surface area contributed by atoms with E-state index in [-0.39, 0.29) is 17.8 Å². The van der Waals surface area contributed by atoms with E-state index in [1.807, 2.05) is 6.07 Å². The van der Waals surface area contributed by atoms with Gasteiger partial charge in [-0.15, -0.1) is 0 Å². The number of aromatic nitrogens is 3. The van der Waals surface area contributed by atoms with E-state index < -0.39 is 0 Å². The van der Waals surface area contributed by atoms with E-state index in [0.29, 0.717) is 17.0 Å². The molecular formula is C16H11FN4O. The van der Waals surface area contributed by atoms with Crippen molar-refractivity contribution in [3.05, 3.63) is 71.4 Å². The van der Waals surface area contributed by atoms with Crippen LogP contribution in [0.2, 0.25) is 0 Å². The molecule has 1 amide bonds. The molecule has 1 atom stereocenters. The first kappa shape index (κ1) is 12.7. The maximum Gasteiger partial charge on any atom is 0.270 e. The number of nitrogens with zero attached hydrogens (tertiary/aromatic N) is 2. The highest BCUT2D eigenvalue weighted by atomic mass is 19.1. The molecule has 0 bridgehead atoms. The number of halogens is 1. The van der Waals surface area contributed by atoms with E-state index in [2.05, 4.69) is 20.5 Å². The summed E-state index contributed by atoms with van der Waals surface area (Å²) in [6.07, 6.45) is 3.37. The van der Waals surface area contributed by atoms with Crippen molar-refractivity contribution in [1.82, 2.24) is 20.5 Å². The molecule has 0 saturated carbocycles. The van der Waals surface area contributed by atoms with Crippen LogP contribution in [0.4, 0.5) is 4.39 Å². The molecule has 6 heteroatoms. The Morgan fingerprint density at radius 3 is 2.86 bits per heavy atom. The number of amides is 1. The molecule has 2 aromatic heterocycles. The minimum atomic E-state index is -0.343. The molecule has 0 saturated heterocycles. The Balaban J connectivity index is 1.88. The highest BCUT2D eigenvalue weighted by Gasteiger charge is 2.35. The maximum atomic E-state index is 13.5. The molecule has 0 spiro atoms. The third-order valence-corrected chi connectivity index (χ3v) is 3.71. The van der Waals surface area contributed by atoms with Gasteiger partial charge in [0.1, 0.15) is 11.5 Å². The van der Waals surface area contributed by atoms with Crippen molar-refractivity contribution in [2.75, 3.05) is 0 Å². The van der Waals surface area contributed by atoms with Gasteiger partial charge in [0, 0.05) is 23.5 Å². The number of carbonyl (C=O) groups excluding carboxylic acids is 1. The van der Waals surface area contributed by atoms with Crippen LogP contribution < -0.4 is 5.32 Å². The smallest absolute Gasteiger partial charge is 0.270 e. The molecule has 1 aliphatic heterocycles. The number of aromatic amines is 1. The molecule has 1 aliphatic rings. The van der Waals surface area contributed by atoms with Crippen molar-refractivity contribution in [2.45, 2.75) is 6.04 Å². The highest BCUT2D eigenvalue weighted by Crippen LogP contribution is 2.36. The summed E-state index contributed by atoms with van der Waals surface area (Å²) in [5, 5.41) is 9.85. The van der Waals surface area contributed by atoms with Crippen molar-refractivity contribution in [1.29, 1.82) is 0 Å². The quantitative estimate of drug-likeness (QED) is 0.762. The van der Waals surface area contributed by atoms with Crippen LogP contribution in [0.1, 0.15) is 27.7 Å². The van der Waals surface area contributed by atoms with Crippen LogP contribution in [0.25, 0.3) is 11.3 Å². The third kappa shape index (κ3) is 1.88. The fourth-order valence-electron chi connectivity index (χ4n) is 2.73. The van der Waals surface area contributed by atoms with Gasteiger partial charge in [0.2, 0.25) is 0 Å². The van der Waals surface area contributed by atoms with Crippen LogP contribution >= 0.6 is 0 Å². The average molecular weight is 294 g/mol. The standard InChI is InChI=1S/C16H11FN4O/c17-11-5-1-3-9(7-11)14-12-13(10-4-2-6-18-8-10)19-16(22)15(12)21-20-14/h1-8,13H,(H,19,22)(H,20,21). The fraction of sp³-hybridized carbons (Fsp3) is 0.0625. The third-order valence-electron chi connectivity index (χ3n) is 3.71. The fourth-order valence-corrected chi connectivity index (χ4v) is 2.73. The van der Waals surface area contributed by atoms with E-state index in [9.17, 15) is 9.18 Å². The topological polar surface area (TPSA) is 70.7 Å². The second kappa shape index (κ2) is 4.77. The molecule has 108 valence electrons. The minimum Gasteiger partial charge on any atom is -0.340 e. The van der Waals surface area contributed by atoms with Gasteiger partial charge in [0.25, 0.3) is 5.91 Å². The molecule has 3 heterocycles. The zero-order valence-corrected chi connectivity index (χ0v) is 11.4. The number of fused-ring (bicyclic) bond motifs is 1. The Hall–Kier alpha value is -3.02. The zero-order valence-electron chi connectivity index (χ0n) is 11.4. The summed E-state index contributed by atoms with van der Waals surface area (Å²) in [5.41, 5.74) is 3.19. The number of carbonyl (C=O) groups is 1. The SMILES string of the molecule is O=C1NC(c2cccnc2)c2c(-c3cccc(F)c3)n[nH]c21. The number of pyridine rings is 1. The highest BCUT2D eigenvalue weighted by molar-refractivity contribution is 6.00. The average Bonchev–Trinajstić information content (AvgIpc) is 3.10. The lowest BCUT2D eigenvalue weighted by Gasteiger charge is -2.12. The summed E-state index contributed by atoms with van der Waals surface area (Å²) in [6.45, 7) is 0. The number of rotatable bonds is 2. The Kier molecular flexibility index (Phi) is 2.75. The van der Waals surface area contributed by atoms with E-state index in [4.69, 9.17) is 0 Å². The molecular weight excluding hydrogens is 283 g/mol. The molecule has 3 aromatic rings. The lowest BCUT2D eigenvalue weighted by atomic mass is 9.98. The summed E-state index contributed by atoms with van der Waals surface area (Å²) >= 11 is 0. The van der Waals surface area contributed by atoms with Gasteiger partial charge in [-0.1, -0.05) is 18.2 Å². The van der Waals surface area contributed by atoms with Crippen LogP contribution in [0.5, 0.6) is 0 Å². The second-order valence-corrected chi connectivity index (χ2v) is 5.06. The molecule has 1 aromatic carbocycles. The van der Waals surface area contributed by atoms with Gasteiger partial charge in [-0.3, -0.25) is 14.9 Å². The Bertz CT molecular complexity index is 860. The lowest BCUT2D eigenvalue weighted by molar-refractivity contribution is 0.0955. The molecule has 0 radical (unpaired) electrons.